The van der Waals surface area contributed by atoms with Crippen molar-refractivity contribution in [2.75, 3.05) is 0 Å². The van der Waals surface area contributed by atoms with Crippen molar-refractivity contribution in [3.05, 3.63) is 70.6 Å². The van der Waals surface area contributed by atoms with Crippen molar-refractivity contribution in [3.63, 3.8) is 0 Å². The van der Waals surface area contributed by atoms with E-state index in [2.05, 4.69) is 25.1 Å². The van der Waals surface area contributed by atoms with Crippen LogP contribution in [0.4, 0.5) is 0 Å². The normalized spacial score (nSPS) is 10.8. The Labute approximate surface area is 111 Å². The van der Waals surface area contributed by atoms with Crippen LogP contribution in [0.3, 0.4) is 0 Å². The Morgan fingerprint density at radius 1 is 0.947 bits per heavy atom. The highest BCUT2D eigenvalue weighted by atomic mass is 16.1. The molecule has 19 heavy (non-hydrogen) atoms. The molecule has 0 spiro atoms. The van der Waals surface area contributed by atoms with Gasteiger partial charge in [0.2, 0.25) is 0 Å². The summed E-state index contributed by atoms with van der Waals surface area (Å²) in [5.74, 6) is 0. The van der Waals surface area contributed by atoms with Crippen LogP contribution >= 0.6 is 0 Å². The summed E-state index contributed by atoms with van der Waals surface area (Å²) in [6.45, 7) is 2.08. The van der Waals surface area contributed by atoms with Gasteiger partial charge in [0, 0.05) is 24.2 Å². The third-order valence-electron chi connectivity index (χ3n) is 3.42. The Morgan fingerprint density at radius 3 is 2.42 bits per heavy atom. The van der Waals surface area contributed by atoms with Gasteiger partial charge in [-0.25, -0.2) is 0 Å². The predicted octanol–water partition coefficient (Wildman–Crippen LogP) is 3.51. The molecule has 3 aromatic rings. The number of aryl methyl sites for hydroxylation is 2. The molecule has 0 radical (unpaired) electrons. The van der Waals surface area contributed by atoms with Crippen LogP contribution in [0.2, 0.25) is 0 Å². The van der Waals surface area contributed by atoms with Crippen LogP contribution in [-0.4, -0.2) is 4.57 Å². The predicted molar refractivity (Wildman–Crippen MR) is 79.4 cm³/mol. The Kier molecular flexibility index (Phi) is 2.71. The molecule has 0 bridgehead atoms. The number of hydrogen-bond acceptors (Lipinski definition) is 1. The summed E-state index contributed by atoms with van der Waals surface area (Å²) in [6.07, 6.45) is 1.92. The highest BCUT2D eigenvalue weighted by Gasteiger charge is 2.08. The molecule has 0 fully saturated rings. The molecular formula is C17H15NO. The minimum atomic E-state index is 0.0482. The maximum Gasteiger partial charge on any atom is 0.258 e. The molecule has 0 unspecified atom stereocenters. The van der Waals surface area contributed by atoms with E-state index in [1.54, 1.807) is 11.6 Å². The van der Waals surface area contributed by atoms with Gasteiger partial charge in [-0.2, -0.15) is 0 Å². The lowest BCUT2D eigenvalue weighted by atomic mass is 9.99. The van der Waals surface area contributed by atoms with Gasteiger partial charge in [-0.3, -0.25) is 4.79 Å². The zero-order chi connectivity index (χ0) is 13.4. The third kappa shape index (κ3) is 1.95. The lowest BCUT2D eigenvalue weighted by Gasteiger charge is -2.10. The van der Waals surface area contributed by atoms with Crippen molar-refractivity contribution in [2.24, 2.45) is 7.05 Å². The van der Waals surface area contributed by atoms with Crippen molar-refractivity contribution in [2.45, 2.75) is 6.92 Å². The molecule has 0 aliphatic rings. The highest BCUT2D eigenvalue weighted by molar-refractivity contribution is 5.95. The van der Waals surface area contributed by atoms with Crippen LogP contribution in [0.1, 0.15) is 5.56 Å². The maximum absolute atomic E-state index is 12.1. The second kappa shape index (κ2) is 4.39. The minimum absolute atomic E-state index is 0.0482. The van der Waals surface area contributed by atoms with E-state index in [4.69, 9.17) is 0 Å². The summed E-state index contributed by atoms with van der Waals surface area (Å²) in [6, 6.07) is 16.1. The lowest BCUT2D eigenvalue weighted by molar-refractivity contribution is 0.875. The SMILES string of the molecule is Cc1cccc(-c2cn(C)c(=O)c3ccccc23)c1. The Bertz CT molecular complexity index is 815. The largest absolute Gasteiger partial charge is 0.317 e. The molecule has 2 heteroatoms. The van der Waals surface area contributed by atoms with E-state index in [1.807, 2.05) is 36.5 Å². The van der Waals surface area contributed by atoms with E-state index in [1.165, 1.54) is 5.56 Å². The van der Waals surface area contributed by atoms with E-state index in [9.17, 15) is 4.79 Å². The summed E-state index contributed by atoms with van der Waals surface area (Å²) < 4.78 is 1.65. The lowest BCUT2D eigenvalue weighted by Crippen LogP contribution is -2.16. The summed E-state index contributed by atoms with van der Waals surface area (Å²) >= 11 is 0. The minimum Gasteiger partial charge on any atom is -0.317 e. The molecule has 0 saturated heterocycles. The number of benzene rings is 2. The summed E-state index contributed by atoms with van der Waals surface area (Å²) in [5.41, 5.74) is 3.51. The number of rotatable bonds is 1. The van der Waals surface area contributed by atoms with Crippen molar-refractivity contribution < 1.29 is 0 Å². The van der Waals surface area contributed by atoms with Gasteiger partial charge < -0.3 is 4.57 Å². The van der Waals surface area contributed by atoms with Crippen LogP contribution in [0.25, 0.3) is 21.9 Å². The Morgan fingerprint density at radius 2 is 1.68 bits per heavy atom. The van der Waals surface area contributed by atoms with E-state index in [0.29, 0.717) is 0 Å². The van der Waals surface area contributed by atoms with E-state index in [-0.39, 0.29) is 5.56 Å². The second-order valence-corrected chi connectivity index (χ2v) is 4.87. The molecule has 2 aromatic carbocycles. The smallest absolute Gasteiger partial charge is 0.258 e. The van der Waals surface area contributed by atoms with Gasteiger partial charge in [0.1, 0.15) is 0 Å². The average molecular weight is 249 g/mol. The first-order chi connectivity index (χ1) is 9.16. The van der Waals surface area contributed by atoms with Gasteiger partial charge in [-0.05, 0) is 23.9 Å². The van der Waals surface area contributed by atoms with Crippen molar-refractivity contribution in [1.29, 1.82) is 0 Å². The number of aromatic nitrogens is 1. The average Bonchev–Trinajstić information content (AvgIpc) is 2.43. The summed E-state index contributed by atoms with van der Waals surface area (Å²) in [5, 5.41) is 1.78. The van der Waals surface area contributed by atoms with Gasteiger partial charge in [-0.1, -0.05) is 48.0 Å². The number of nitrogens with zero attached hydrogens (tertiary/aromatic N) is 1. The summed E-state index contributed by atoms with van der Waals surface area (Å²) in [7, 11) is 1.80. The first-order valence-corrected chi connectivity index (χ1v) is 6.32. The van der Waals surface area contributed by atoms with Crippen molar-refractivity contribution >= 4 is 10.8 Å². The maximum atomic E-state index is 12.1. The molecule has 0 saturated carbocycles. The molecule has 0 N–H and O–H groups in total. The first-order valence-electron chi connectivity index (χ1n) is 6.32. The monoisotopic (exact) mass is 249 g/mol. The van der Waals surface area contributed by atoms with E-state index < -0.39 is 0 Å². The van der Waals surface area contributed by atoms with Crippen molar-refractivity contribution in [3.8, 4) is 11.1 Å². The van der Waals surface area contributed by atoms with Crippen LogP contribution in [-0.2, 0) is 7.05 Å². The van der Waals surface area contributed by atoms with Gasteiger partial charge in [-0.15, -0.1) is 0 Å². The van der Waals surface area contributed by atoms with Crippen LogP contribution in [0.15, 0.2) is 59.5 Å². The van der Waals surface area contributed by atoms with Gasteiger partial charge >= 0.3 is 0 Å². The quantitative estimate of drug-likeness (QED) is 0.647. The molecule has 0 aliphatic carbocycles. The van der Waals surface area contributed by atoms with E-state index >= 15 is 0 Å². The molecule has 3 rings (SSSR count). The Balaban J connectivity index is 2.42. The molecule has 1 heterocycles. The van der Waals surface area contributed by atoms with Crippen LogP contribution < -0.4 is 5.56 Å². The fraction of sp³-hybridized carbons (Fsp3) is 0.118. The topological polar surface area (TPSA) is 22.0 Å². The van der Waals surface area contributed by atoms with E-state index in [0.717, 1.165) is 21.9 Å². The van der Waals surface area contributed by atoms with Crippen LogP contribution in [0.5, 0.6) is 0 Å². The number of fused-ring (bicyclic) bond motifs is 1. The zero-order valence-electron chi connectivity index (χ0n) is 11.1. The van der Waals surface area contributed by atoms with Gasteiger partial charge in [0.25, 0.3) is 5.56 Å². The fourth-order valence-electron chi connectivity index (χ4n) is 2.46. The van der Waals surface area contributed by atoms with Crippen molar-refractivity contribution in [1.82, 2.24) is 4.57 Å². The van der Waals surface area contributed by atoms with Crippen LogP contribution in [0, 0.1) is 6.92 Å². The standard InChI is InChI=1S/C17H15NO/c1-12-6-5-7-13(10-12)16-11-18(2)17(19)15-9-4-3-8-14(15)16/h3-11H,1-2H3. The first kappa shape index (κ1) is 11.7. The summed E-state index contributed by atoms with van der Waals surface area (Å²) in [4.78, 5) is 12.1. The zero-order valence-corrected chi connectivity index (χ0v) is 11.1. The molecule has 0 amide bonds. The fourth-order valence-corrected chi connectivity index (χ4v) is 2.46. The second-order valence-electron chi connectivity index (χ2n) is 4.87. The highest BCUT2D eigenvalue weighted by Crippen LogP contribution is 2.26. The third-order valence-corrected chi connectivity index (χ3v) is 3.42. The molecule has 94 valence electrons. The molecule has 0 atom stereocenters. The number of hydrogen-bond donors (Lipinski definition) is 0. The van der Waals surface area contributed by atoms with Gasteiger partial charge in [0.05, 0.1) is 0 Å². The molecule has 1 aromatic heterocycles. The number of pyridine rings is 1. The molecule has 0 aliphatic heterocycles. The van der Waals surface area contributed by atoms with Gasteiger partial charge in [0.15, 0.2) is 0 Å². The molecule has 2 nitrogen and oxygen atoms in total. The Hall–Kier alpha value is -2.35. The molecular weight excluding hydrogens is 234 g/mol.